The van der Waals surface area contributed by atoms with Crippen molar-refractivity contribution in [2.45, 2.75) is 26.8 Å². The Morgan fingerprint density at radius 1 is 1.16 bits per heavy atom. The van der Waals surface area contributed by atoms with E-state index in [0.717, 1.165) is 33.4 Å². The fourth-order valence-corrected chi connectivity index (χ4v) is 3.96. The highest BCUT2D eigenvalue weighted by Gasteiger charge is 2.19. The number of carbonyl (C=O) groups excluding carboxylic acids is 1. The molecule has 32 heavy (non-hydrogen) atoms. The number of aromatic nitrogens is 4. The molecule has 0 saturated carbocycles. The van der Waals surface area contributed by atoms with Crippen molar-refractivity contribution in [2.75, 3.05) is 19.0 Å². The average molecular weight is 434 g/mol. The van der Waals surface area contributed by atoms with Gasteiger partial charge in [0.1, 0.15) is 6.61 Å². The zero-order valence-corrected chi connectivity index (χ0v) is 18.9. The number of rotatable bonds is 6. The van der Waals surface area contributed by atoms with Crippen LogP contribution in [0.3, 0.4) is 0 Å². The number of nitrogens with zero attached hydrogens (tertiary/aromatic N) is 3. The Morgan fingerprint density at radius 3 is 2.62 bits per heavy atom. The molecule has 2 aromatic heterocycles. The summed E-state index contributed by atoms with van der Waals surface area (Å²) in [6.07, 6.45) is 0. The van der Waals surface area contributed by atoms with Crippen LogP contribution in [0.4, 0.5) is 5.95 Å². The lowest BCUT2D eigenvalue weighted by Crippen LogP contribution is -2.23. The maximum Gasteiger partial charge on any atom is 0.329 e. The molecule has 1 amide bonds. The van der Waals surface area contributed by atoms with E-state index in [1.807, 2.05) is 63.2 Å². The van der Waals surface area contributed by atoms with E-state index in [1.54, 1.807) is 16.2 Å². The number of nitrogens with one attached hydrogen (secondary N) is 2. The van der Waals surface area contributed by atoms with Crippen molar-refractivity contribution in [3.63, 3.8) is 0 Å². The third-order valence-electron chi connectivity index (χ3n) is 5.42. The number of anilines is 1. The number of aromatic amines is 1. The number of ether oxygens (including phenoxy) is 1. The molecule has 0 unspecified atom stereocenters. The van der Waals surface area contributed by atoms with E-state index in [9.17, 15) is 9.59 Å². The highest BCUT2D eigenvalue weighted by molar-refractivity contribution is 5.92. The zero-order valence-electron chi connectivity index (χ0n) is 18.9. The van der Waals surface area contributed by atoms with E-state index in [2.05, 4.69) is 15.3 Å². The molecule has 0 bridgehead atoms. The molecule has 8 nitrogen and oxygen atoms in total. The Kier molecular flexibility index (Phi) is 5.71. The molecule has 8 heteroatoms. The predicted molar refractivity (Wildman–Crippen MR) is 126 cm³/mol. The molecule has 0 aliphatic rings. The Bertz CT molecular complexity index is 1360. The van der Waals surface area contributed by atoms with Gasteiger partial charge in [0.2, 0.25) is 5.95 Å². The third kappa shape index (κ3) is 3.85. The number of amides is 1. The van der Waals surface area contributed by atoms with Crippen LogP contribution in [0.5, 0.6) is 0 Å². The lowest BCUT2D eigenvalue weighted by Gasteiger charge is -2.08. The number of aryl methyl sites for hydroxylation is 2. The number of hydrogen-bond donors (Lipinski definition) is 2. The van der Waals surface area contributed by atoms with Gasteiger partial charge in [-0.15, -0.1) is 0 Å². The molecule has 2 heterocycles. The number of fused-ring (bicyclic) bond motifs is 1. The van der Waals surface area contributed by atoms with E-state index >= 15 is 0 Å². The first-order valence-corrected chi connectivity index (χ1v) is 10.5. The Hall–Kier alpha value is -3.65. The van der Waals surface area contributed by atoms with Crippen molar-refractivity contribution < 1.29 is 9.53 Å². The summed E-state index contributed by atoms with van der Waals surface area (Å²) in [7, 11) is 3.24. The molecular formula is C24H27N5O3. The van der Waals surface area contributed by atoms with Crippen molar-refractivity contribution in [3.05, 3.63) is 58.5 Å². The van der Waals surface area contributed by atoms with E-state index < -0.39 is 0 Å². The number of methoxy groups -OCH3 is 1. The normalized spacial score (nSPS) is 11.4. The van der Waals surface area contributed by atoms with Crippen molar-refractivity contribution in [1.82, 2.24) is 19.1 Å². The molecular weight excluding hydrogens is 406 g/mol. The molecule has 0 radical (unpaired) electrons. The minimum atomic E-state index is -0.296. The Morgan fingerprint density at radius 2 is 1.94 bits per heavy atom. The third-order valence-corrected chi connectivity index (χ3v) is 5.42. The fourth-order valence-electron chi connectivity index (χ4n) is 3.96. The molecule has 4 aromatic rings. The molecule has 2 aromatic carbocycles. The summed E-state index contributed by atoms with van der Waals surface area (Å²) in [5.74, 6) is 0.0442. The first kappa shape index (κ1) is 21.6. The molecule has 0 aliphatic heterocycles. The summed E-state index contributed by atoms with van der Waals surface area (Å²) >= 11 is 0. The second kappa shape index (κ2) is 8.47. The topological polar surface area (TPSA) is 93.9 Å². The quantitative estimate of drug-likeness (QED) is 0.483. The molecule has 0 aliphatic carbocycles. The van der Waals surface area contributed by atoms with E-state index in [-0.39, 0.29) is 24.2 Å². The summed E-state index contributed by atoms with van der Waals surface area (Å²) < 4.78 is 8.34. The van der Waals surface area contributed by atoms with Gasteiger partial charge >= 0.3 is 5.69 Å². The second-order valence-corrected chi connectivity index (χ2v) is 8.17. The van der Waals surface area contributed by atoms with Crippen molar-refractivity contribution in [2.24, 2.45) is 7.05 Å². The van der Waals surface area contributed by atoms with Crippen molar-refractivity contribution in [3.8, 4) is 22.5 Å². The minimum absolute atomic E-state index is 0.0506. The summed E-state index contributed by atoms with van der Waals surface area (Å²) in [4.78, 5) is 32.7. The summed E-state index contributed by atoms with van der Waals surface area (Å²) in [6, 6.07) is 14.0. The lowest BCUT2D eigenvalue weighted by atomic mass is 10.0. The van der Waals surface area contributed by atoms with Crippen LogP contribution in [0.2, 0.25) is 0 Å². The molecule has 0 saturated heterocycles. The lowest BCUT2D eigenvalue weighted by molar-refractivity contribution is -0.119. The van der Waals surface area contributed by atoms with Crippen LogP contribution in [0.25, 0.3) is 33.5 Å². The van der Waals surface area contributed by atoms with Gasteiger partial charge in [-0.25, -0.2) is 9.78 Å². The first-order chi connectivity index (χ1) is 15.3. The van der Waals surface area contributed by atoms with Gasteiger partial charge in [-0.3, -0.25) is 19.2 Å². The number of H-pyrrole nitrogens is 1. The van der Waals surface area contributed by atoms with Crippen LogP contribution in [0.15, 0.2) is 47.3 Å². The summed E-state index contributed by atoms with van der Waals surface area (Å²) in [6.45, 7) is 5.95. The van der Waals surface area contributed by atoms with E-state index in [1.165, 1.54) is 7.11 Å². The standard InChI is InChI=1S/C24H27N5O3/c1-14(2)29-18-10-9-17(12-19(18)28(4)24(29)31)22-21(16-8-6-7-15(3)11-16)26-23(27-22)25-20(30)13-32-5/h6-12,14H,13H2,1-5H3,(H2,25,26,27,30). The molecule has 0 fully saturated rings. The largest absolute Gasteiger partial charge is 0.375 e. The van der Waals surface area contributed by atoms with Gasteiger partial charge in [0.05, 0.1) is 22.4 Å². The van der Waals surface area contributed by atoms with Crippen LogP contribution in [0, 0.1) is 6.92 Å². The number of hydrogen-bond acceptors (Lipinski definition) is 4. The monoisotopic (exact) mass is 433 g/mol. The number of carbonyl (C=O) groups is 1. The summed E-state index contributed by atoms with van der Waals surface area (Å²) in [5, 5.41) is 2.74. The van der Waals surface area contributed by atoms with Gasteiger partial charge in [-0.05, 0) is 39.0 Å². The smallest absolute Gasteiger partial charge is 0.329 e. The molecule has 0 atom stereocenters. The Labute approximate surface area is 185 Å². The molecule has 0 spiro atoms. The van der Waals surface area contributed by atoms with Crippen molar-refractivity contribution >= 4 is 22.9 Å². The van der Waals surface area contributed by atoms with Crippen LogP contribution >= 0.6 is 0 Å². The van der Waals surface area contributed by atoms with Crippen LogP contribution in [-0.4, -0.2) is 38.7 Å². The van der Waals surface area contributed by atoms with Gasteiger partial charge in [-0.1, -0.05) is 29.8 Å². The van der Waals surface area contributed by atoms with Crippen LogP contribution in [0.1, 0.15) is 25.5 Å². The number of imidazole rings is 2. The van der Waals surface area contributed by atoms with Gasteiger partial charge in [0.25, 0.3) is 5.91 Å². The molecule has 2 N–H and O–H groups in total. The van der Waals surface area contributed by atoms with Crippen LogP contribution < -0.4 is 11.0 Å². The van der Waals surface area contributed by atoms with Gasteiger partial charge < -0.3 is 9.72 Å². The highest BCUT2D eigenvalue weighted by atomic mass is 16.5. The van der Waals surface area contributed by atoms with Crippen molar-refractivity contribution in [1.29, 1.82) is 0 Å². The second-order valence-electron chi connectivity index (χ2n) is 8.17. The van der Waals surface area contributed by atoms with Gasteiger partial charge in [0, 0.05) is 31.3 Å². The SMILES string of the molecule is COCC(=O)Nc1nc(-c2cccc(C)c2)c(-c2ccc3c(c2)n(C)c(=O)n3C(C)C)[nH]1. The maximum atomic E-state index is 12.7. The highest BCUT2D eigenvalue weighted by Crippen LogP contribution is 2.33. The van der Waals surface area contributed by atoms with Gasteiger partial charge in [-0.2, -0.15) is 0 Å². The van der Waals surface area contributed by atoms with E-state index in [0.29, 0.717) is 11.6 Å². The number of benzene rings is 2. The fraction of sp³-hybridized carbons (Fsp3) is 0.292. The zero-order chi connectivity index (χ0) is 23.0. The Balaban J connectivity index is 1.89. The van der Waals surface area contributed by atoms with Crippen LogP contribution in [-0.2, 0) is 16.6 Å². The van der Waals surface area contributed by atoms with E-state index in [4.69, 9.17) is 4.74 Å². The maximum absolute atomic E-state index is 12.7. The average Bonchev–Trinajstić information content (AvgIpc) is 3.27. The predicted octanol–water partition coefficient (Wildman–Crippen LogP) is 3.87. The minimum Gasteiger partial charge on any atom is -0.375 e. The first-order valence-electron chi connectivity index (χ1n) is 10.5. The summed E-state index contributed by atoms with van der Waals surface area (Å²) in [5.41, 5.74) is 6.03. The van der Waals surface area contributed by atoms with Gasteiger partial charge in [0.15, 0.2) is 0 Å². The molecule has 166 valence electrons. The molecule has 4 rings (SSSR count).